The molecule has 72 valence electrons. The van der Waals surface area contributed by atoms with Crippen LogP contribution in [0.2, 0.25) is 0 Å². The van der Waals surface area contributed by atoms with Crippen LogP contribution in [-0.2, 0) is 0 Å². The van der Waals surface area contributed by atoms with E-state index in [1.807, 2.05) is 37.3 Å². The zero-order valence-corrected chi connectivity index (χ0v) is 8.54. The summed E-state index contributed by atoms with van der Waals surface area (Å²) in [5.41, 5.74) is 0.954. The Hall–Kier alpha value is -0.530. The lowest BCUT2D eigenvalue weighted by atomic mass is 9.95. The van der Waals surface area contributed by atoms with Gasteiger partial charge in [0, 0.05) is 11.8 Å². The van der Waals surface area contributed by atoms with Gasteiger partial charge in [-0.2, -0.15) is 0 Å². The fourth-order valence-corrected chi connectivity index (χ4v) is 1.73. The largest absolute Gasteiger partial charge is 0.388 e. The summed E-state index contributed by atoms with van der Waals surface area (Å²) in [4.78, 5) is 0. The number of hydrogen-bond acceptors (Lipinski definition) is 1. The molecule has 0 aliphatic carbocycles. The van der Waals surface area contributed by atoms with Crippen molar-refractivity contribution in [2.75, 3.05) is 5.88 Å². The fraction of sp³-hybridized carbons (Fsp3) is 0.455. The van der Waals surface area contributed by atoms with Gasteiger partial charge in [-0.05, 0) is 12.0 Å². The van der Waals surface area contributed by atoms with Crippen molar-refractivity contribution in [2.24, 2.45) is 5.92 Å². The first-order valence-corrected chi connectivity index (χ1v) is 5.12. The zero-order valence-electron chi connectivity index (χ0n) is 7.78. The van der Waals surface area contributed by atoms with Gasteiger partial charge in [0.1, 0.15) is 0 Å². The van der Waals surface area contributed by atoms with Gasteiger partial charge >= 0.3 is 0 Å². The lowest BCUT2D eigenvalue weighted by Crippen LogP contribution is -2.13. The van der Waals surface area contributed by atoms with Crippen LogP contribution in [0, 0.1) is 5.92 Å². The molecule has 1 rings (SSSR count). The third kappa shape index (κ3) is 2.71. The predicted molar refractivity (Wildman–Crippen MR) is 55.9 cm³/mol. The molecular weight excluding hydrogens is 184 g/mol. The highest BCUT2D eigenvalue weighted by atomic mass is 35.5. The Morgan fingerprint density at radius 3 is 2.38 bits per heavy atom. The zero-order chi connectivity index (χ0) is 9.68. The Morgan fingerprint density at radius 1 is 1.31 bits per heavy atom. The van der Waals surface area contributed by atoms with E-state index in [4.69, 9.17) is 11.6 Å². The van der Waals surface area contributed by atoms with Crippen molar-refractivity contribution in [1.82, 2.24) is 0 Å². The van der Waals surface area contributed by atoms with Crippen LogP contribution in [0.1, 0.15) is 25.0 Å². The van der Waals surface area contributed by atoms with Crippen LogP contribution in [0.3, 0.4) is 0 Å². The standard InChI is InChI=1S/C11H15ClO/c1-2-9(8-12)11(13)10-6-4-3-5-7-10/h3-7,9,11,13H,2,8H2,1H3. The van der Waals surface area contributed by atoms with Gasteiger partial charge in [0.15, 0.2) is 0 Å². The van der Waals surface area contributed by atoms with E-state index in [2.05, 4.69) is 0 Å². The molecule has 1 N–H and O–H groups in total. The van der Waals surface area contributed by atoms with Crippen molar-refractivity contribution in [3.05, 3.63) is 35.9 Å². The molecule has 0 radical (unpaired) electrons. The molecule has 1 aromatic rings. The average Bonchev–Trinajstić information content (AvgIpc) is 2.21. The molecule has 2 atom stereocenters. The monoisotopic (exact) mass is 198 g/mol. The molecule has 13 heavy (non-hydrogen) atoms. The number of aliphatic hydroxyl groups excluding tert-OH is 1. The molecular formula is C11H15ClO. The number of halogens is 1. The van der Waals surface area contributed by atoms with Gasteiger partial charge in [0.05, 0.1) is 6.10 Å². The molecule has 2 heteroatoms. The Bertz CT molecular complexity index is 231. The van der Waals surface area contributed by atoms with E-state index >= 15 is 0 Å². The lowest BCUT2D eigenvalue weighted by Gasteiger charge is -2.19. The normalized spacial score (nSPS) is 15.3. The van der Waals surface area contributed by atoms with Crippen molar-refractivity contribution in [3.8, 4) is 0 Å². The SMILES string of the molecule is CCC(CCl)C(O)c1ccccc1. The summed E-state index contributed by atoms with van der Waals surface area (Å²) in [6.45, 7) is 2.04. The molecule has 0 aliphatic heterocycles. The highest BCUT2D eigenvalue weighted by Crippen LogP contribution is 2.25. The van der Waals surface area contributed by atoms with Crippen LogP contribution in [0.4, 0.5) is 0 Å². The molecule has 0 aliphatic rings. The number of benzene rings is 1. The van der Waals surface area contributed by atoms with Crippen LogP contribution in [0.25, 0.3) is 0 Å². The minimum atomic E-state index is -0.427. The van der Waals surface area contributed by atoms with Gasteiger partial charge in [-0.1, -0.05) is 37.3 Å². The quantitative estimate of drug-likeness (QED) is 0.738. The molecule has 0 fully saturated rings. The van der Waals surface area contributed by atoms with Gasteiger partial charge in [0.2, 0.25) is 0 Å². The maximum absolute atomic E-state index is 9.90. The summed E-state index contributed by atoms with van der Waals surface area (Å²) in [5, 5.41) is 9.90. The highest BCUT2D eigenvalue weighted by molar-refractivity contribution is 6.18. The van der Waals surface area contributed by atoms with E-state index in [0.717, 1.165) is 12.0 Å². The van der Waals surface area contributed by atoms with Gasteiger partial charge < -0.3 is 5.11 Å². The predicted octanol–water partition coefficient (Wildman–Crippen LogP) is 2.99. The van der Waals surface area contributed by atoms with E-state index in [9.17, 15) is 5.11 Å². The Morgan fingerprint density at radius 2 is 1.92 bits per heavy atom. The maximum atomic E-state index is 9.90. The molecule has 2 unspecified atom stereocenters. The molecule has 0 heterocycles. The van der Waals surface area contributed by atoms with Crippen LogP contribution < -0.4 is 0 Å². The third-order valence-corrected chi connectivity index (χ3v) is 2.71. The van der Waals surface area contributed by atoms with Gasteiger partial charge in [-0.3, -0.25) is 0 Å². The molecule has 0 saturated carbocycles. The fourth-order valence-electron chi connectivity index (χ4n) is 1.34. The Labute approximate surface area is 84.4 Å². The summed E-state index contributed by atoms with van der Waals surface area (Å²) < 4.78 is 0. The molecule has 0 saturated heterocycles. The van der Waals surface area contributed by atoms with Crippen molar-refractivity contribution in [1.29, 1.82) is 0 Å². The third-order valence-electron chi connectivity index (χ3n) is 2.31. The second-order valence-corrected chi connectivity index (χ2v) is 3.49. The van der Waals surface area contributed by atoms with E-state index in [0.29, 0.717) is 5.88 Å². The lowest BCUT2D eigenvalue weighted by molar-refractivity contribution is 0.117. The second-order valence-electron chi connectivity index (χ2n) is 3.18. The van der Waals surface area contributed by atoms with Crippen LogP contribution >= 0.6 is 11.6 Å². The summed E-state index contributed by atoms with van der Waals surface area (Å²) in [6, 6.07) is 9.66. The molecule has 0 bridgehead atoms. The van der Waals surface area contributed by atoms with E-state index in [-0.39, 0.29) is 5.92 Å². The maximum Gasteiger partial charge on any atom is 0.0829 e. The van der Waals surface area contributed by atoms with Gasteiger partial charge in [-0.15, -0.1) is 11.6 Å². The number of alkyl halides is 1. The first kappa shape index (κ1) is 10.6. The molecule has 1 aromatic carbocycles. The molecule has 0 amide bonds. The minimum absolute atomic E-state index is 0.157. The van der Waals surface area contributed by atoms with Gasteiger partial charge in [-0.25, -0.2) is 0 Å². The first-order valence-electron chi connectivity index (χ1n) is 4.58. The molecule has 0 aromatic heterocycles. The van der Waals surface area contributed by atoms with E-state index in [1.165, 1.54) is 0 Å². The van der Waals surface area contributed by atoms with Gasteiger partial charge in [0.25, 0.3) is 0 Å². The van der Waals surface area contributed by atoms with Crippen LogP contribution in [0.15, 0.2) is 30.3 Å². The molecule has 0 spiro atoms. The topological polar surface area (TPSA) is 20.2 Å². The van der Waals surface area contributed by atoms with Crippen LogP contribution in [0.5, 0.6) is 0 Å². The average molecular weight is 199 g/mol. The smallest absolute Gasteiger partial charge is 0.0829 e. The summed E-state index contributed by atoms with van der Waals surface area (Å²) in [5.74, 6) is 0.663. The van der Waals surface area contributed by atoms with Crippen molar-refractivity contribution >= 4 is 11.6 Å². The van der Waals surface area contributed by atoms with Crippen molar-refractivity contribution < 1.29 is 5.11 Å². The number of rotatable bonds is 4. The van der Waals surface area contributed by atoms with E-state index < -0.39 is 6.10 Å². The number of hydrogen-bond donors (Lipinski definition) is 1. The first-order chi connectivity index (χ1) is 6.29. The molecule has 1 nitrogen and oxygen atoms in total. The number of aliphatic hydroxyl groups is 1. The Balaban J connectivity index is 2.72. The van der Waals surface area contributed by atoms with E-state index in [1.54, 1.807) is 0 Å². The minimum Gasteiger partial charge on any atom is -0.388 e. The van der Waals surface area contributed by atoms with Crippen molar-refractivity contribution in [2.45, 2.75) is 19.4 Å². The Kier molecular flexibility index (Phi) is 4.26. The highest BCUT2D eigenvalue weighted by Gasteiger charge is 2.17. The summed E-state index contributed by atoms with van der Waals surface area (Å²) in [7, 11) is 0. The summed E-state index contributed by atoms with van der Waals surface area (Å²) >= 11 is 5.75. The van der Waals surface area contributed by atoms with Crippen molar-refractivity contribution in [3.63, 3.8) is 0 Å². The summed E-state index contributed by atoms with van der Waals surface area (Å²) in [6.07, 6.45) is 0.475. The second kappa shape index (κ2) is 5.25. The van der Waals surface area contributed by atoms with Crippen LogP contribution in [-0.4, -0.2) is 11.0 Å².